The number of H-pyrrole nitrogens is 1. The molecule has 2 aromatic carbocycles. The fourth-order valence-electron chi connectivity index (χ4n) is 3.81. The molecule has 2 saturated heterocycles. The van der Waals surface area contributed by atoms with Crippen LogP contribution in [0.3, 0.4) is 0 Å². The van der Waals surface area contributed by atoms with Gasteiger partial charge in [0.1, 0.15) is 0 Å². The lowest BCUT2D eigenvalue weighted by atomic mass is 10.1. The van der Waals surface area contributed by atoms with Crippen LogP contribution >= 0.6 is 11.9 Å². The van der Waals surface area contributed by atoms with Gasteiger partial charge in [-0.2, -0.15) is 0 Å². The first kappa shape index (κ1) is 18.8. The first-order valence-electron chi connectivity index (χ1n) is 10.0. The van der Waals surface area contributed by atoms with Crippen LogP contribution in [0.2, 0.25) is 0 Å². The molecule has 0 saturated carbocycles. The maximum Gasteiger partial charge on any atom is 0.171 e. The van der Waals surface area contributed by atoms with E-state index in [2.05, 4.69) is 44.6 Å². The van der Waals surface area contributed by atoms with E-state index in [1.54, 1.807) is 11.9 Å². The van der Waals surface area contributed by atoms with Crippen molar-refractivity contribution in [2.45, 2.75) is 30.4 Å². The highest BCUT2D eigenvalue weighted by atomic mass is 32.2. The maximum atomic E-state index is 5.84. The SMILES string of the molecule is Cc1ccc(-c2nnc(-c3ccccc3)[nH]2)cc1SN1CCC2(CC1)OCCO2. The van der Waals surface area contributed by atoms with Gasteiger partial charge in [-0.15, -0.1) is 10.2 Å². The normalized spacial score (nSPS) is 19.1. The molecule has 1 spiro atoms. The lowest BCUT2D eigenvalue weighted by Crippen LogP contribution is -2.42. The Morgan fingerprint density at radius 2 is 1.62 bits per heavy atom. The van der Waals surface area contributed by atoms with Crippen molar-refractivity contribution >= 4 is 11.9 Å². The molecule has 0 amide bonds. The Bertz CT molecular complexity index is 975. The smallest absolute Gasteiger partial charge is 0.171 e. The summed E-state index contributed by atoms with van der Waals surface area (Å²) in [6.07, 6.45) is 1.84. The fraction of sp³-hybridized carbons (Fsp3) is 0.364. The molecule has 5 rings (SSSR count). The zero-order chi connectivity index (χ0) is 19.7. The number of rotatable bonds is 4. The van der Waals surface area contributed by atoms with Gasteiger partial charge in [0, 0.05) is 42.0 Å². The van der Waals surface area contributed by atoms with Crippen LogP contribution in [0.25, 0.3) is 22.8 Å². The minimum Gasteiger partial charge on any atom is -0.347 e. The molecule has 0 aliphatic carbocycles. The first-order chi connectivity index (χ1) is 14.2. The van der Waals surface area contributed by atoms with E-state index in [0.717, 1.165) is 61.9 Å². The van der Waals surface area contributed by atoms with Crippen molar-refractivity contribution in [3.63, 3.8) is 0 Å². The van der Waals surface area contributed by atoms with Crippen molar-refractivity contribution < 1.29 is 9.47 Å². The van der Waals surface area contributed by atoms with Gasteiger partial charge in [0.25, 0.3) is 0 Å². The Labute approximate surface area is 174 Å². The number of nitrogens with one attached hydrogen (secondary N) is 1. The second-order valence-corrected chi connectivity index (χ2v) is 8.64. The van der Waals surface area contributed by atoms with Crippen molar-refractivity contribution in [1.29, 1.82) is 0 Å². The van der Waals surface area contributed by atoms with Crippen molar-refractivity contribution in [1.82, 2.24) is 19.5 Å². The Hall–Kier alpha value is -2.19. The predicted octanol–water partition coefficient (Wildman–Crippen LogP) is 4.29. The van der Waals surface area contributed by atoms with Crippen LogP contribution in [0.4, 0.5) is 0 Å². The lowest BCUT2D eigenvalue weighted by molar-refractivity contribution is -0.178. The summed E-state index contributed by atoms with van der Waals surface area (Å²) in [6.45, 7) is 5.49. The minimum atomic E-state index is -0.332. The topological polar surface area (TPSA) is 63.3 Å². The Morgan fingerprint density at radius 3 is 2.34 bits per heavy atom. The second-order valence-electron chi connectivity index (χ2n) is 7.50. The summed E-state index contributed by atoms with van der Waals surface area (Å²) >= 11 is 1.81. The van der Waals surface area contributed by atoms with E-state index >= 15 is 0 Å². The van der Waals surface area contributed by atoms with Crippen LogP contribution in [0.15, 0.2) is 53.4 Å². The molecular weight excluding hydrogens is 384 g/mol. The minimum absolute atomic E-state index is 0.332. The summed E-state index contributed by atoms with van der Waals surface area (Å²) in [4.78, 5) is 4.59. The van der Waals surface area contributed by atoms with Crippen LogP contribution in [0, 0.1) is 6.92 Å². The number of piperidine rings is 1. The van der Waals surface area contributed by atoms with Crippen molar-refractivity contribution in [3.8, 4) is 22.8 Å². The molecule has 6 nitrogen and oxygen atoms in total. The third-order valence-electron chi connectivity index (χ3n) is 5.52. The second kappa shape index (κ2) is 7.91. The molecule has 2 aliphatic rings. The van der Waals surface area contributed by atoms with Gasteiger partial charge in [0.15, 0.2) is 17.4 Å². The zero-order valence-corrected chi connectivity index (χ0v) is 17.2. The van der Waals surface area contributed by atoms with Gasteiger partial charge in [0.05, 0.1) is 13.2 Å². The number of ether oxygens (including phenoxy) is 2. The summed E-state index contributed by atoms with van der Waals surface area (Å²) in [5, 5.41) is 8.69. The monoisotopic (exact) mass is 408 g/mol. The van der Waals surface area contributed by atoms with Crippen molar-refractivity contribution in [2.24, 2.45) is 0 Å². The van der Waals surface area contributed by atoms with Crippen LogP contribution in [-0.4, -0.2) is 51.6 Å². The molecule has 3 heterocycles. The van der Waals surface area contributed by atoms with Crippen LogP contribution < -0.4 is 0 Å². The van der Waals surface area contributed by atoms with E-state index in [4.69, 9.17) is 9.47 Å². The average molecular weight is 409 g/mol. The average Bonchev–Trinajstić information content (AvgIpc) is 3.43. The Kier molecular flexibility index (Phi) is 5.13. The largest absolute Gasteiger partial charge is 0.347 e. The summed E-state index contributed by atoms with van der Waals surface area (Å²) in [7, 11) is 0. The fourth-order valence-corrected chi connectivity index (χ4v) is 4.84. The molecule has 0 unspecified atom stereocenters. The van der Waals surface area contributed by atoms with Crippen LogP contribution in [-0.2, 0) is 9.47 Å². The molecule has 150 valence electrons. The molecule has 0 radical (unpaired) electrons. The summed E-state index contributed by atoms with van der Waals surface area (Å²) < 4.78 is 14.1. The molecule has 0 atom stereocenters. The number of aryl methyl sites for hydroxylation is 1. The predicted molar refractivity (Wildman–Crippen MR) is 113 cm³/mol. The highest BCUT2D eigenvalue weighted by molar-refractivity contribution is 7.97. The van der Waals surface area contributed by atoms with Gasteiger partial charge in [-0.05, 0) is 30.5 Å². The summed E-state index contributed by atoms with van der Waals surface area (Å²) in [5.74, 6) is 1.24. The van der Waals surface area contributed by atoms with Crippen LogP contribution in [0.1, 0.15) is 18.4 Å². The molecule has 1 N–H and O–H groups in total. The van der Waals surface area contributed by atoms with Crippen molar-refractivity contribution in [2.75, 3.05) is 26.3 Å². The highest BCUT2D eigenvalue weighted by Gasteiger charge is 2.40. The number of aromatic nitrogens is 3. The Balaban J connectivity index is 1.31. The summed E-state index contributed by atoms with van der Waals surface area (Å²) in [6, 6.07) is 16.5. The van der Waals surface area contributed by atoms with Gasteiger partial charge >= 0.3 is 0 Å². The third kappa shape index (κ3) is 3.96. The molecule has 0 bridgehead atoms. The quantitative estimate of drug-likeness (QED) is 0.650. The van der Waals surface area contributed by atoms with Gasteiger partial charge in [-0.1, -0.05) is 42.5 Å². The molecule has 2 aliphatic heterocycles. The zero-order valence-electron chi connectivity index (χ0n) is 16.4. The number of benzene rings is 2. The number of hydrogen-bond acceptors (Lipinski definition) is 6. The molecule has 2 fully saturated rings. The number of aromatic amines is 1. The van der Waals surface area contributed by atoms with E-state index in [1.807, 2.05) is 30.3 Å². The van der Waals surface area contributed by atoms with Gasteiger partial charge < -0.3 is 14.5 Å². The lowest BCUT2D eigenvalue weighted by Gasteiger charge is -2.36. The maximum absolute atomic E-state index is 5.84. The van der Waals surface area contributed by atoms with E-state index < -0.39 is 0 Å². The molecular formula is C22H24N4O2S. The van der Waals surface area contributed by atoms with Crippen molar-refractivity contribution in [3.05, 3.63) is 54.1 Å². The van der Waals surface area contributed by atoms with Gasteiger partial charge in [-0.3, -0.25) is 0 Å². The Morgan fingerprint density at radius 1 is 0.931 bits per heavy atom. The first-order valence-corrected chi connectivity index (χ1v) is 10.8. The highest BCUT2D eigenvalue weighted by Crippen LogP contribution is 2.37. The van der Waals surface area contributed by atoms with Crippen LogP contribution in [0.5, 0.6) is 0 Å². The molecule has 1 aromatic heterocycles. The number of hydrogen-bond donors (Lipinski definition) is 1. The van der Waals surface area contributed by atoms with Gasteiger partial charge in [0.2, 0.25) is 0 Å². The molecule has 7 heteroatoms. The van der Waals surface area contributed by atoms with E-state index in [0.29, 0.717) is 0 Å². The van der Waals surface area contributed by atoms with E-state index in [-0.39, 0.29) is 5.79 Å². The molecule has 29 heavy (non-hydrogen) atoms. The standard InChI is InChI=1S/C22H24N4O2S/c1-16-7-8-18(21-23-20(24-25-21)17-5-3-2-4-6-17)15-19(16)29-26-11-9-22(10-12-26)27-13-14-28-22/h2-8,15H,9-14H2,1H3,(H,23,24,25). The summed E-state index contributed by atoms with van der Waals surface area (Å²) in [5.41, 5.74) is 3.34. The number of nitrogens with zero attached hydrogens (tertiary/aromatic N) is 3. The van der Waals surface area contributed by atoms with E-state index in [1.165, 1.54) is 10.5 Å². The van der Waals surface area contributed by atoms with E-state index in [9.17, 15) is 0 Å². The molecule has 3 aromatic rings. The third-order valence-corrected chi connectivity index (χ3v) is 6.78. The van der Waals surface area contributed by atoms with Gasteiger partial charge in [-0.25, -0.2) is 4.31 Å².